The van der Waals surface area contributed by atoms with Crippen molar-refractivity contribution < 1.29 is 23.8 Å². The molecule has 2 aliphatic rings. The van der Waals surface area contributed by atoms with E-state index in [1.54, 1.807) is 25.3 Å². The number of benzene rings is 1. The summed E-state index contributed by atoms with van der Waals surface area (Å²) in [5.41, 5.74) is 0.639. The maximum absolute atomic E-state index is 14.5. The third-order valence-electron chi connectivity index (χ3n) is 7.09. The highest BCUT2D eigenvalue weighted by atomic mass is 19.1. The molecule has 1 aromatic carbocycles. The van der Waals surface area contributed by atoms with Crippen LogP contribution < -0.4 is 10.2 Å². The van der Waals surface area contributed by atoms with E-state index in [0.717, 1.165) is 37.6 Å². The van der Waals surface area contributed by atoms with Crippen LogP contribution in [-0.2, 0) is 9.53 Å². The Bertz CT molecular complexity index is 1240. The molecule has 5 rings (SSSR count). The van der Waals surface area contributed by atoms with Gasteiger partial charge in [-0.3, -0.25) is 10.1 Å². The number of carboxylic acid groups (broad SMARTS) is 1. The number of anilines is 2. The standard InChI is InChI=1S/C26H28FN5O4/c1-17(18-7-3-2-4-8-18)36-25(35)29-23-20(27)16-32(30-23)19-10-11-22(28-15-19)31-14-6-5-9-21(31)26(12-13-26)24(33)34/h2-4,7-8,10-11,15-17,21H,5-6,9,12-14H2,1H3,(H,33,34)(H,29,30,35). The zero-order valence-electron chi connectivity index (χ0n) is 19.9. The van der Waals surface area contributed by atoms with Gasteiger partial charge in [-0.05, 0) is 56.7 Å². The lowest BCUT2D eigenvalue weighted by Crippen LogP contribution is -2.48. The molecule has 0 radical (unpaired) electrons. The summed E-state index contributed by atoms with van der Waals surface area (Å²) in [6.45, 7) is 2.48. The molecule has 10 heteroatoms. The number of hydrogen-bond donors (Lipinski definition) is 2. The second-order valence-corrected chi connectivity index (χ2v) is 9.39. The molecular formula is C26H28FN5O4. The highest BCUT2D eigenvalue weighted by molar-refractivity contribution is 5.83. The van der Waals surface area contributed by atoms with Crippen LogP contribution in [0.4, 0.5) is 20.8 Å². The molecule has 9 nitrogen and oxygen atoms in total. The van der Waals surface area contributed by atoms with Gasteiger partial charge in [0.1, 0.15) is 11.9 Å². The zero-order valence-corrected chi connectivity index (χ0v) is 19.9. The van der Waals surface area contributed by atoms with Crippen molar-refractivity contribution in [2.45, 2.75) is 51.2 Å². The minimum Gasteiger partial charge on any atom is -0.481 e. The van der Waals surface area contributed by atoms with E-state index in [0.29, 0.717) is 24.3 Å². The van der Waals surface area contributed by atoms with Gasteiger partial charge in [-0.1, -0.05) is 30.3 Å². The van der Waals surface area contributed by atoms with Crippen LogP contribution in [0.5, 0.6) is 0 Å². The highest BCUT2D eigenvalue weighted by Crippen LogP contribution is 2.53. The fourth-order valence-corrected chi connectivity index (χ4v) is 4.94. The van der Waals surface area contributed by atoms with Crippen molar-refractivity contribution in [3.8, 4) is 5.69 Å². The Labute approximate surface area is 207 Å². The molecule has 0 bridgehead atoms. The number of carbonyl (C=O) groups is 2. The van der Waals surface area contributed by atoms with E-state index in [1.165, 1.54) is 4.68 Å². The second-order valence-electron chi connectivity index (χ2n) is 9.39. The molecule has 188 valence electrons. The fraction of sp³-hybridized carbons (Fsp3) is 0.385. The van der Waals surface area contributed by atoms with Crippen LogP contribution in [0.15, 0.2) is 54.9 Å². The van der Waals surface area contributed by atoms with Crippen molar-refractivity contribution >= 4 is 23.7 Å². The molecule has 1 aliphatic carbocycles. The van der Waals surface area contributed by atoms with Crippen molar-refractivity contribution in [3.63, 3.8) is 0 Å². The highest BCUT2D eigenvalue weighted by Gasteiger charge is 2.58. The average molecular weight is 494 g/mol. The smallest absolute Gasteiger partial charge is 0.413 e. The van der Waals surface area contributed by atoms with Crippen LogP contribution in [0, 0.1) is 11.2 Å². The lowest BCUT2D eigenvalue weighted by Gasteiger charge is -2.40. The molecule has 1 saturated heterocycles. The summed E-state index contributed by atoms with van der Waals surface area (Å²) >= 11 is 0. The molecule has 1 saturated carbocycles. The van der Waals surface area contributed by atoms with Gasteiger partial charge in [0.2, 0.25) is 0 Å². The molecule has 2 N–H and O–H groups in total. The van der Waals surface area contributed by atoms with Gasteiger partial charge in [-0.25, -0.2) is 18.9 Å². The predicted octanol–water partition coefficient (Wildman–Crippen LogP) is 4.94. The number of amides is 1. The summed E-state index contributed by atoms with van der Waals surface area (Å²) in [5, 5.41) is 16.3. The monoisotopic (exact) mass is 493 g/mol. The minimum absolute atomic E-state index is 0.0793. The first-order valence-corrected chi connectivity index (χ1v) is 12.1. The van der Waals surface area contributed by atoms with Crippen molar-refractivity contribution in [2.24, 2.45) is 5.41 Å². The van der Waals surface area contributed by atoms with E-state index >= 15 is 0 Å². The maximum Gasteiger partial charge on any atom is 0.413 e. The molecule has 3 aromatic rings. The SMILES string of the molecule is CC(OC(=O)Nc1nn(-c2ccc(N3CCCCC3C3(C(=O)O)CC3)nc2)cc1F)c1ccccc1. The largest absolute Gasteiger partial charge is 0.481 e. The van der Waals surface area contributed by atoms with Gasteiger partial charge in [0.05, 0.1) is 23.5 Å². The first kappa shape index (κ1) is 23.8. The van der Waals surface area contributed by atoms with E-state index in [9.17, 15) is 19.1 Å². The number of ether oxygens (including phenoxy) is 1. The van der Waals surface area contributed by atoms with Crippen LogP contribution in [0.1, 0.15) is 50.7 Å². The summed E-state index contributed by atoms with van der Waals surface area (Å²) in [6.07, 6.45) is 5.58. The predicted molar refractivity (Wildman–Crippen MR) is 131 cm³/mol. The third kappa shape index (κ3) is 4.62. The Kier molecular flexibility index (Phi) is 6.34. The van der Waals surface area contributed by atoms with Gasteiger partial charge in [0.25, 0.3) is 0 Å². The second kappa shape index (κ2) is 9.60. The van der Waals surface area contributed by atoms with Crippen LogP contribution in [0.25, 0.3) is 5.69 Å². The Balaban J connectivity index is 1.27. The van der Waals surface area contributed by atoms with Crippen molar-refractivity contribution in [3.05, 3.63) is 66.2 Å². The summed E-state index contributed by atoms with van der Waals surface area (Å²) in [4.78, 5) is 30.8. The number of aliphatic carboxylic acids is 1. The van der Waals surface area contributed by atoms with Gasteiger partial charge >= 0.3 is 12.1 Å². The molecule has 2 atom stereocenters. The molecule has 3 heterocycles. The summed E-state index contributed by atoms with van der Waals surface area (Å²) < 4.78 is 21.1. The summed E-state index contributed by atoms with van der Waals surface area (Å²) in [7, 11) is 0. The van der Waals surface area contributed by atoms with Gasteiger partial charge in [-0.2, -0.15) is 0 Å². The van der Waals surface area contributed by atoms with Crippen LogP contribution in [-0.4, -0.2) is 44.5 Å². The molecule has 0 spiro atoms. The van der Waals surface area contributed by atoms with Gasteiger partial charge in [0, 0.05) is 12.6 Å². The Morgan fingerprint density at radius 3 is 2.64 bits per heavy atom. The van der Waals surface area contributed by atoms with E-state index < -0.39 is 29.4 Å². The number of aromatic nitrogens is 3. The number of carboxylic acids is 1. The van der Waals surface area contributed by atoms with Crippen molar-refractivity contribution in [1.29, 1.82) is 0 Å². The minimum atomic E-state index is -0.812. The molecule has 1 aliphatic heterocycles. The first-order valence-electron chi connectivity index (χ1n) is 12.1. The number of pyridine rings is 1. The number of halogens is 1. The maximum atomic E-state index is 14.5. The lowest BCUT2D eigenvalue weighted by molar-refractivity contribution is -0.144. The number of carbonyl (C=O) groups excluding carboxylic acids is 1. The molecule has 36 heavy (non-hydrogen) atoms. The number of nitrogens with zero attached hydrogens (tertiary/aromatic N) is 4. The van der Waals surface area contributed by atoms with Crippen LogP contribution in [0.3, 0.4) is 0 Å². The Morgan fingerprint density at radius 1 is 1.19 bits per heavy atom. The normalized spacial score (nSPS) is 19.4. The van der Waals surface area contributed by atoms with Crippen molar-refractivity contribution in [1.82, 2.24) is 14.8 Å². The quantitative estimate of drug-likeness (QED) is 0.480. The van der Waals surface area contributed by atoms with Gasteiger partial charge in [0.15, 0.2) is 11.6 Å². The van der Waals surface area contributed by atoms with Crippen LogP contribution >= 0.6 is 0 Å². The van der Waals surface area contributed by atoms with E-state index in [1.807, 2.05) is 30.3 Å². The topological polar surface area (TPSA) is 110 Å². The van der Waals surface area contributed by atoms with E-state index in [2.05, 4.69) is 20.3 Å². The van der Waals surface area contributed by atoms with E-state index in [4.69, 9.17) is 4.74 Å². The summed E-state index contributed by atoms with van der Waals surface area (Å²) in [6, 6.07) is 12.7. The number of piperidine rings is 1. The Hall–Kier alpha value is -3.95. The molecule has 2 unspecified atom stereocenters. The number of rotatable bonds is 7. The lowest BCUT2D eigenvalue weighted by atomic mass is 9.87. The molecular weight excluding hydrogens is 465 g/mol. The number of hydrogen-bond acceptors (Lipinski definition) is 6. The van der Waals surface area contributed by atoms with E-state index in [-0.39, 0.29) is 11.9 Å². The first-order chi connectivity index (χ1) is 17.4. The molecule has 2 aromatic heterocycles. The average Bonchev–Trinajstić information content (AvgIpc) is 3.63. The van der Waals surface area contributed by atoms with Gasteiger partial charge < -0.3 is 14.7 Å². The Morgan fingerprint density at radius 2 is 1.97 bits per heavy atom. The van der Waals surface area contributed by atoms with Crippen LogP contribution in [0.2, 0.25) is 0 Å². The van der Waals surface area contributed by atoms with Gasteiger partial charge in [-0.15, -0.1) is 5.10 Å². The molecule has 1 amide bonds. The third-order valence-corrected chi connectivity index (χ3v) is 7.09. The summed E-state index contributed by atoms with van der Waals surface area (Å²) in [5.74, 6) is -1.01. The zero-order chi connectivity index (χ0) is 25.3. The fourth-order valence-electron chi connectivity index (χ4n) is 4.94. The number of nitrogens with one attached hydrogen (secondary N) is 1. The molecule has 2 fully saturated rings. The van der Waals surface area contributed by atoms with Crippen molar-refractivity contribution in [2.75, 3.05) is 16.8 Å².